The van der Waals surface area contributed by atoms with Gasteiger partial charge in [-0.25, -0.2) is 0 Å². The minimum Gasteiger partial charge on any atom is -0.484 e. The van der Waals surface area contributed by atoms with Gasteiger partial charge < -0.3 is 14.5 Å². The van der Waals surface area contributed by atoms with E-state index in [0.717, 1.165) is 22.7 Å². The lowest BCUT2D eigenvalue weighted by atomic mass is 10.2. The Morgan fingerprint density at radius 1 is 1.23 bits per heavy atom. The number of amides is 1. The third kappa shape index (κ3) is 4.33. The molecule has 2 aromatic heterocycles. The van der Waals surface area contributed by atoms with E-state index in [-0.39, 0.29) is 18.6 Å². The number of nitrogens with one attached hydrogen (secondary N) is 1. The Bertz CT molecular complexity index is 851. The summed E-state index contributed by atoms with van der Waals surface area (Å²) in [4.78, 5) is 12.2. The zero-order valence-corrected chi connectivity index (χ0v) is 15.2. The second-order valence-corrected chi connectivity index (χ2v) is 6.31. The van der Waals surface area contributed by atoms with Crippen LogP contribution in [0.15, 0.2) is 53.1 Å². The van der Waals surface area contributed by atoms with Crippen LogP contribution >= 0.6 is 0 Å². The van der Waals surface area contributed by atoms with Crippen molar-refractivity contribution in [3.05, 3.63) is 71.4 Å². The third-order valence-electron chi connectivity index (χ3n) is 4.09. The molecule has 136 valence electrons. The van der Waals surface area contributed by atoms with Gasteiger partial charge in [0, 0.05) is 12.2 Å². The van der Waals surface area contributed by atoms with E-state index in [1.54, 1.807) is 6.26 Å². The average molecular weight is 353 g/mol. The predicted octanol–water partition coefficient (Wildman–Crippen LogP) is 3.19. The van der Waals surface area contributed by atoms with Gasteiger partial charge in [-0.05, 0) is 51.1 Å². The summed E-state index contributed by atoms with van der Waals surface area (Å²) in [5, 5.41) is 7.42. The first-order valence-electron chi connectivity index (χ1n) is 8.55. The number of furan rings is 1. The monoisotopic (exact) mass is 353 g/mol. The van der Waals surface area contributed by atoms with E-state index in [2.05, 4.69) is 10.4 Å². The van der Waals surface area contributed by atoms with Crippen molar-refractivity contribution in [2.24, 2.45) is 0 Å². The van der Waals surface area contributed by atoms with Crippen LogP contribution in [0.2, 0.25) is 0 Å². The molecule has 2 heterocycles. The molecule has 3 aromatic rings. The zero-order valence-electron chi connectivity index (χ0n) is 15.2. The van der Waals surface area contributed by atoms with Crippen molar-refractivity contribution < 1.29 is 13.9 Å². The highest BCUT2D eigenvalue weighted by atomic mass is 16.5. The van der Waals surface area contributed by atoms with Crippen molar-refractivity contribution in [3.8, 4) is 5.75 Å². The first-order chi connectivity index (χ1) is 12.5. The molecule has 0 saturated heterocycles. The zero-order chi connectivity index (χ0) is 18.5. The highest BCUT2D eigenvalue weighted by Crippen LogP contribution is 2.20. The molecule has 1 atom stereocenters. The first kappa shape index (κ1) is 17.8. The average Bonchev–Trinajstić information content (AvgIpc) is 3.25. The van der Waals surface area contributed by atoms with Gasteiger partial charge in [0.25, 0.3) is 5.91 Å². The molecule has 0 radical (unpaired) electrons. The van der Waals surface area contributed by atoms with Crippen molar-refractivity contribution in [2.45, 2.75) is 26.8 Å². The smallest absolute Gasteiger partial charge is 0.258 e. The van der Waals surface area contributed by atoms with Crippen molar-refractivity contribution in [3.63, 3.8) is 0 Å². The number of carbonyl (C=O) groups is 1. The van der Waals surface area contributed by atoms with Gasteiger partial charge in [-0.2, -0.15) is 5.10 Å². The molecule has 1 aromatic carbocycles. The molecule has 6 nitrogen and oxygen atoms in total. The number of benzene rings is 1. The maximum Gasteiger partial charge on any atom is 0.258 e. The first-order valence-corrected chi connectivity index (χ1v) is 8.55. The number of hydrogen-bond donors (Lipinski definition) is 1. The Morgan fingerprint density at radius 3 is 2.62 bits per heavy atom. The minimum atomic E-state index is -0.206. The maximum atomic E-state index is 12.2. The highest BCUT2D eigenvalue weighted by Gasteiger charge is 2.20. The number of rotatable bonds is 7. The lowest BCUT2D eigenvalue weighted by Gasteiger charge is -2.18. The number of aromatic nitrogens is 2. The molecule has 0 aliphatic rings. The molecule has 26 heavy (non-hydrogen) atoms. The topological polar surface area (TPSA) is 69.3 Å². The normalized spacial score (nSPS) is 12.0. The molecule has 1 unspecified atom stereocenters. The molecule has 0 saturated carbocycles. The van der Waals surface area contributed by atoms with Crippen LogP contribution in [0.1, 0.15) is 28.8 Å². The van der Waals surface area contributed by atoms with Gasteiger partial charge in [0.2, 0.25) is 0 Å². The van der Waals surface area contributed by atoms with Crippen molar-refractivity contribution in [2.75, 3.05) is 13.2 Å². The highest BCUT2D eigenvalue weighted by molar-refractivity contribution is 5.77. The number of hydrogen-bond acceptors (Lipinski definition) is 4. The second kappa shape index (κ2) is 7.91. The summed E-state index contributed by atoms with van der Waals surface area (Å²) in [6, 6.07) is 13.1. The molecule has 0 aliphatic carbocycles. The molecule has 0 fully saturated rings. The van der Waals surface area contributed by atoms with Crippen LogP contribution < -0.4 is 10.1 Å². The van der Waals surface area contributed by atoms with E-state index in [9.17, 15) is 4.79 Å². The van der Waals surface area contributed by atoms with Crippen LogP contribution in [0.3, 0.4) is 0 Å². The van der Waals surface area contributed by atoms with Gasteiger partial charge in [0.1, 0.15) is 17.6 Å². The number of nitrogens with zero attached hydrogens (tertiary/aromatic N) is 2. The fraction of sp³-hybridized carbons (Fsp3) is 0.300. The molecule has 1 amide bonds. The van der Waals surface area contributed by atoms with E-state index in [0.29, 0.717) is 12.3 Å². The summed E-state index contributed by atoms with van der Waals surface area (Å²) in [7, 11) is 0. The number of aryl methyl sites for hydroxylation is 3. The second-order valence-electron chi connectivity index (χ2n) is 6.31. The molecule has 6 heteroatoms. The molecular weight excluding hydrogens is 330 g/mol. The standard InChI is InChI=1S/C20H23N3O3/c1-14-6-8-17(9-7-14)26-13-20(24)21-12-18(19-5-4-10-25-19)23-16(3)11-15(2)22-23/h4-11,18H,12-13H2,1-3H3,(H,21,24). The summed E-state index contributed by atoms with van der Waals surface area (Å²) < 4.78 is 12.9. The fourth-order valence-corrected chi connectivity index (χ4v) is 2.79. The molecule has 0 spiro atoms. The molecule has 3 rings (SSSR count). The summed E-state index contributed by atoms with van der Waals surface area (Å²) in [5.41, 5.74) is 3.08. The van der Waals surface area contributed by atoms with E-state index in [1.165, 1.54) is 0 Å². The molecule has 1 N–H and O–H groups in total. The van der Waals surface area contributed by atoms with Crippen LogP contribution in [0.4, 0.5) is 0 Å². The van der Waals surface area contributed by atoms with Gasteiger partial charge in [0.05, 0.1) is 12.0 Å². The van der Waals surface area contributed by atoms with Gasteiger partial charge in [-0.1, -0.05) is 17.7 Å². The quantitative estimate of drug-likeness (QED) is 0.708. The summed E-state index contributed by atoms with van der Waals surface area (Å²) in [5.74, 6) is 1.23. The SMILES string of the molecule is Cc1ccc(OCC(=O)NCC(c2ccco2)n2nc(C)cc2C)cc1. The van der Waals surface area contributed by atoms with Crippen molar-refractivity contribution in [1.29, 1.82) is 0 Å². The number of carbonyl (C=O) groups excluding carboxylic acids is 1. The predicted molar refractivity (Wildman–Crippen MR) is 98.2 cm³/mol. The lowest BCUT2D eigenvalue weighted by molar-refractivity contribution is -0.123. The Kier molecular flexibility index (Phi) is 5.41. The van der Waals surface area contributed by atoms with Gasteiger partial charge in [-0.3, -0.25) is 9.48 Å². The van der Waals surface area contributed by atoms with Crippen molar-refractivity contribution in [1.82, 2.24) is 15.1 Å². The minimum absolute atomic E-state index is 0.0367. The maximum absolute atomic E-state index is 12.2. The Balaban J connectivity index is 1.61. The van der Waals surface area contributed by atoms with Crippen LogP contribution in [0, 0.1) is 20.8 Å². The van der Waals surface area contributed by atoms with Gasteiger partial charge in [0.15, 0.2) is 6.61 Å². The third-order valence-corrected chi connectivity index (χ3v) is 4.09. The fourth-order valence-electron chi connectivity index (χ4n) is 2.79. The largest absolute Gasteiger partial charge is 0.484 e. The lowest BCUT2D eigenvalue weighted by Crippen LogP contribution is -2.35. The Hall–Kier alpha value is -3.02. The molecule has 0 bridgehead atoms. The Labute approximate surface area is 152 Å². The van der Waals surface area contributed by atoms with Gasteiger partial charge >= 0.3 is 0 Å². The van der Waals surface area contributed by atoms with Crippen LogP contribution in [-0.4, -0.2) is 28.8 Å². The van der Waals surface area contributed by atoms with E-state index in [4.69, 9.17) is 9.15 Å². The van der Waals surface area contributed by atoms with E-state index >= 15 is 0 Å². The van der Waals surface area contributed by atoms with Crippen LogP contribution in [0.25, 0.3) is 0 Å². The molecule has 0 aliphatic heterocycles. The van der Waals surface area contributed by atoms with Gasteiger partial charge in [-0.15, -0.1) is 0 Å². The van der Waals surface area contributed by atoms with E-state index < -0.39 is 0 Å². The summed E-state index contributed by atoms with van der Waals surface area (Å²) in [6.45, 7) is 6.26. The van der Waals surface area contributed by atoms with E-state index in [1.807, 2.05) is 67.9 Å². The summed E-state index contributed by atoms with van der Waals surface area (Å²) in [6.07, 6.45) is 1.62. The Morgan fingerprint density at radius 2 is 2.00 bits per heavy atom. The van der Waals surface area contributed by atoms with Crippen LogP contribution in [0.5, 0.6) is 5.75 Å². The van der Waals surface area contributed by atoms with Crippen molar-refractivity contribution >= 4 is 5.91 Å². The van der Waals surface area contributed by atoms with Crippen LogP contribution in [-0.2, 0) is 4.79 Å². The molecular formula is C20H23N3O3. The number of ether oxygens (including phenoxy) is 1. The summed E-state index contributed by atoms with van der Waals surface area (Å²) >= 11 is 0.